The monoisotopic (exact) mass is 484 g/mol. The van der Waals surface area contributed by atoms with Crippen LogP contribution in [0.5, 0.6) is 11.5 Å². The summed E-state index contributed by atoms with van der Waals surface area (Å²) in [5.41, 5.74) is 2.68. The van der Waals surface area contributed by atoms with Gasteiger partial charge in [0, 0.05) is 53.9 Å². The lowest BCUT2D eigenvalue weighted by molar-refractivity contribution is 0.0628. The van der Waals surface area contributed by atoms with E-state index in [2.05, 4.69) is 4.90 Å². The Morgan fingerprint density at radius 2 is 1.52 bits per heavy atom. The van der Waals surface area contributed by atoms with Crippen molar-refractivity contribution in [2.75, 3.05) is 33.3 Å². The second kappa shape index (κ2) is 10.9. The van der Waals surface area contributed by atoms with Gasteiger partial charge in [-0.1, -0.05) is 35.3 Å². The van der Waals surface area contributed by atoms with Gasteiger partial charge in [0.05, 0.1) is 7.11 Å². The summed E-state index contributed by atoms with van der Waals surface area (Å²) in [4.78, 5) is 17.4. The summed E-state index contributed by atoms with van der Waals surface area (Å²) in [6.45, 7) is 4.19. The molecule has 3 aromatic rings. The van der Waals surface area contributed by atoms with Crippen molar-refractivity contribution in [2.45, 2.75) is 13.2 Å². The van der Waals surface area contributed by atoms with Crippen molar-refractivity contribution in [3.8, 4) is 11.5 Å². The minimum absolute atomic E-state index is 0.0246. The van der Waals surface area contributed by atoms with Crippen LogP contribution >= 0.6 is 23.2 Å². The quantitative estimate of drug-likeness (QED) is 0.441. The van der Waals surface area contributed by atoms with Gasteiger partial charge in [0.25, 0.3) is 5.91 Å². The van der Waals surface area contributed by atoms with E-state index in [1.807, 2.05) is 59.5 Å². The standard InChI is InChI=1S/C26H26Cl2N2O3/c1-32-25-11-4-20(16-21(25)18-33-24-9-7-23(28)8-10-24)26(31)30-14-12-29(13-15-30)17-19-2-5-22(27)6-3-19/h2-11,16H,12-15,17-18H2,1H3. The number of carbonyl (C=O) groups excluding carboxylic acids is 1. The van der Waals surface area contributed by atoms with E-state index in [0.717, 1.165) is 30.2 Å². The SMILES string of the molecule is COc1ccc(C(=O)N2CCN(Cc3ccc(Cl)cc3)CC2)cc1COc1ccc(Cl)cc1. The third-order valence-corrected chi connectivity index (χ3v) is 6.22. The van der Waals surface area contributed by atoms with Crippen LogP contribution in [0.15, 0.2) is 66.7 Å². The zero-order valence-corrected chi connectivity index (χ0v) is 20.0. The molecule has 0 bridgehead atoms. The molecule has 0 saturated carbocycles. The van der Waals surface area contributed by atoms with Gasteiger partial charge in [-0.3, -0.25) is 9.69 Å². The molecule has 4 rings (SSSR count). The molecule has 0 radical (unpaired) electrons. The zero-order chi connectivity index (χ0) is 23.2. The first kappa shape index (κ1) is 23.4. The highest BCUT2D eigenvalue weighted by molar-refractivity contribution is 6.30. The fraction of sp³-hybridized carbons (Fsp3) is 0.269. The molecule has 0 spiro atoms. The highest BCUT2D eigenvalue weighted by Crippen LogP contribution is 2.24. The van der Waals surface area contributed by atoms with E-state index in [-0.39, 0.29) is 5.91 Å². The first-order valence-electron chi connectivity index (χ1n) is 10.8. The van der Waals surface area contributed by atoms with Gasteiger partial charge in [-0.15, -0.1) is 0 Å². The van der Waals surface area contributed by atoms with Crippen LogP contribution in [0.2, 0.25) is 10.0 Å². The van der Waals surface area contributed by atoms with E-state index in [1.54, 1.807) is 19.2 Å². The molecule has 172 valence electrons. The van der Waals surface area contributed by atoms with Crippen molar-refractivity contribution in [3.05, 3.63) is 93.5 Å². The lowest BCUT2D eigenvalue weighted by Crippen LogP contribution is -2.48. The van der Waals surface area contributed by atoms with E-state index in [0.29, 0.717) is 41.8 Å². The highest BCUT2D eigenvalue weighted by Gasteiger charge is 2.23. The average molecular weight is 485 g/mol. The normalized spacial score (nSPS) is 14.2. The van der Waals surface area contributed by atoms with Crippen molar-refractivity contribution in [2.24, 2.45) is 0 Å². The number of nitrogens with zero attached hydrogens (tertiary/aromatic N) is 2. The molecule has 7 heteroatoms. The van der Waals surface area contributed by atoms with Crippen molar-refractivity contribution in [1.29, 1.82) is 0 Å². The number of ether oxygens (including phenoxy) is 2. The van der Waals surface area contributed by atoms with E-state index >= 15 is 0 Å². The Bertz CT molecular complexity index is 1080. The second-order valence-corrected chi connectivity index (χ2v) is 8.84. The maximum Gasteiger partial charge on any atom is 0.253 e. The van der Waals surface area contributed by atoms with Crippen molar-refractivity contribution in [1.82, 2.24) is 9.80 Å². The molecule has 0 aromatic heterocycles. The molecule has 0 atom stereocenters. The van der Waals surface area contributed by atoms with Crippen LogP contribution in [0, 0.1) is 0 Å². The predicted octanol–water partition coefficient (Wildman–Crippen LogP) is 5.54. The van der Waals surface area contributed by atoms with Crippen LogP contribution in [0.4, 0.5) is 0 Å². The Balaban J connectivity index is 1.37. The number of rotatable bonds is 7. The molecule has 1 saturated heterocycles. The molecule has 33 heavy (non-hydrogen) atoms. The Labute approximate surface area is 204 Å². The van der Waals surface area contributed by atoms with Gasteiger partial charge in [0.2, 0.25) is 0 Å². The predicted molar refractivity (Wildman–Crippen MR) is 131 cm³/mol. The number of halogens is 2. The van der Waals surface area contributed by atoms with Gasteiger partial charge in [-0.05, 0) is 60.2 Å². The summed E-state index contributed by atoms with van der Waals surface area (Å²) >= 11 is 11.9. The van der Waals surface area contributed by atoms with Crippen LogP contribution in [0.1, 0.15) is 21.5 Å². The van der Waals surface area contributed by atoms with Gasteiger partial charge >= 0.3 is 0 Å². The van der Waals surface area contributed by atoms with Gasteiger partial charge in [0.1, 0.15) is 18.1 Å². The van der Waals surface area contributed by atoms with Gasteiger partial charge < -0.3 is 14.4 Å². The van der Waals surface area contributed by atoms with Crippen molar-refractivity contribution in [3.63, 3.8) is 0 Å². The Hall–Kier alpha value is -2.73. The van der Waals surface area contributed by atoms with Crippen LogP contribution < -0.4 is 9.47 Å². The summed E-state index contributed by atoms with van der Waals surface area (Å²) in [6.07, 6.45) is 0. The molecule has 1 fully saturated rings. The van der Waals surface area contributed by atoms with Crippen molar-refractivity contribution < 1.29 is 14.3 Å². The van der Waals surface area contributed by atoms with Crippen molar-refractivity contribution >= 4 is 29.1 Å². The molecule has 1 amide bonds. The third kappa shape index (κ3) is 6.20. The summed E-state index contributed by atoms with van der Waals surface area (Å²) in [6, 6.07) is 20.6. The lowest BCUT2D eigenvalue weighted by atomic mass is 10.1. The molecule has 1 aliphatic heterocycles. The molecule has 5 nitrogen and oxygen atoms in total. The van der Waals surface area contributed by atoms with E-state index in [9.17, 15) is 4.79 Å². The Kier molecular flexibility index (Phi) is 7.76. The van der Waals surface area contributed by atoms with Crippen LogP contribution in [0.3, 0.4) is 0 Å². The topological polar surface area (TPSA) is 42.0 Å². The average Bonchev–Trinajstić information content (AvgIpc) is 2.85. The minimum Gasteiger partial charge on any atom is -0.496 e. The molecule has 0 unspecified atom stereocenters. The van der Waals surface area contributed by atoms with E-state index in [1.165, 1.54) is 5.56 Å². The Morgan fingerprint density at radius 3 is 2.15 bits per heavy atom. The molecule has 0 N–H and O–H groups in total. The summed E-state index contributed by atoms with van der Waals surface area (Å²) < 4.78 is 11.3. The first-order chi connectivity index (χ1) is 16.0. The van der Waals surface area contributed by atoms with Gasteiger partial charge in [-0.25, -0.2) is 0 Å². The fourth-order valence-electron chi connectivity index (χ4n) is 3.86. The molecule has 1 aliphatic rings. The third-order valence-electron chi connectivity index (χ3n) is 5.71. The number of hydrogen-bond acceptors (Lipinski definition) is 4. The van der Waals surface area contributed by atoms with E-state index in [4.69, 9.17) is 32.7 Å². The van der Waals surface area contributed by atoms with Crippen LogP contribution in [-0.2, 0) is 13.2 Å². The summed E-state index contributed by atoms with van der Waals surface area (Å²) in [5, 5.41) is 1.40. The summed E-state index contributed by atoms with van der Waals surface area (Å²) in [7, 11) is 1.61. The molecular formula is C26H26Cl2N2O3. The number of amides is 1. The molecule has 3 aromatic carbocycles. The van der Waals surface area contributed by atoms with E-state index < -0.39 is 0 Å². The smallest absolute Gasteiger partial charge is 0.253 e. The number of hydrogen-bond donors (Lipinski definition) is 0. The van der Waals surface area contributed by atoms with Crippen LogP contribution in [-0.4, -0.2) is 49.0 Å². The number of methoxy groups -OCH3 is 1. The minimum atomic E-state index is 0.0246. The fourth-order valence-corrected chi connectivity index (χ4v) is 4.11. The number of carbonyl (C=O) groups is 1. The van der Waals surface area contributed by atoms with Crippen LogP contribution in [0.25, 0.3) is 0 Å². The second-order valence-electron chi connectivity index (χ2n) is 7.96. The summed E-state index contributed by atoms with van der Waals surface area (Å²) in [5.74, 6) is 1.42. The van der Waals surface area contributed by atoms with Gasteiger partial charge in [0.15, 0.2) is 0 Å². The maximum atomic E-state index is 13.2. The molecule has 1 heterocycles. The number of piperazine rings is 1. The van der Waals surface area contributed by atoms with Gasteiger partial charge in [-0.2, -0.15) is 0 Å². The largest absolute Gasteiger partial charge is 0.496 e. The first-order valence-corrected chi connectivity index (χ1v) is 11.6. The lowest BCUT2D eigenvalue weighted by Gasteiger charge is -2.35. The molecular weight excluding hydrogens is 459 g/mol. The zero-order valence-electron chi connectivity index (χ0n) is 18.5. The maximum absolute atomic E-state index is 13.2. The Morgan fingerprint density at radius 1 is 0.879 bits per heavy atom. The number of benzene rings is 3. The highest BCUT2D eigenvalue weighted by atomic mass is 35.5. The molecule has 0 aliphatic carbocycles.